The predicted molar refractivity (Wildman–Crippen MR) is 72.9 cm³/mol. The second kappa shape index (κ2) is 5.32. The van der Waals surface area contributed by atoms with Crippen molar-refractivity contribution in [3.05, 3.63) is 59.3 Å². The third kappa shape index (κ3) is 2.61. The van der Waals surface area contributed by atoms with Gasteiger partial charge in [0.25, 0.3) is 5.91 Å². The van der Waals surface area contributed by atoms with E-state index in [1.165, 1.54) is 11.1 Å². The molecule has 0 atom stereocenters. The van der Waals surface area contributed by atoms with Gasteiger partial charge in [0.2, 0.25) is 0 Å². The molecule has 1 aromatic carbocycles. The number of aryl methyl sites for hydroxylation is 1. The molecule has 0 unspecified atom stereocenters. The Kier molecular flexibility index (Phi) is 3.58. The third-order valence-electron chi connectivity index (χ3n) is 2.90. The van der Waals surface area contributed by atoms with Gasteiger partial charge in [-0.2, -0.15) is 5.26 Å². The summed E-state index contributed by atoms with van der Waals surface area (Å²) in [4.78, 5) is 17.9. The number of hydrogen-bond donors (Lipinski definition) is 0. The van der Waals surface area contributed by atoms with Crippen LogP contribution in [0.4, 0.5) is 5.82 Å². The number of benzene rings is 1. The SMILES string of the molecule is Cc1ccccc1C(=O)N(C)c1ccc(C#N)cn1. The molecule has 0 aliphatic rings. The number of anilines is 1. The Morgan fingerprint density at radius 1 is 1.26 bits per heavy atom. The first-order valence-electron chi connectivity index (χ1n) is 5.83. The fourth-order valence-electron chi connectivity index (χ4n) is 1.75. The number of nitriles is 1. The number of carbonyl (C=O) groups excluding carboxylic acids is 1. The van der Waals surface area contributed by atoms with E-state index in [0.29, 0.717) is 16.9 Å². The smallest absolute Gasteiger partial charge is 0.259 e. The Morgan fingerprint density at radius 3 is 2.58 bits per heavy atom. The molecule has 0 bridgehead atoms. The molecule has 4 heteroatoms. The fourth-order valence-corrected chi connectivity index (χ4v) is 1.75. The second-order valence-electron chi connectivity index (χ2n) is 4.20. The van der Waals surface area contributed by atoms with Crippen LogP contribution in [0.1, 0.15) is 21.5 Å². The first-order chi connectivity index (χ1) is 9.13. The number of pyridine rings is 1. The lowest BCUT2D eigenvalue weighted by Crippen LogP contribution is -2.27. The number of nitrogens with zero attached hydrogens (tertiary/aromatic N) is 3. The number of rotatable bonds is 2. The van der Waals surface area contributed by atoms with E-state index in [4.69, 9.17) is 5.26 Å². The standard InChI is InChI=1S/C15H13N3O/c1-11-5-3-4-6-13(11)15(19)18(2)14-8-7-12(9-16)10-17-14/h3-8,10H,1-2H3. The largest absolute Gasteiger partial charge is 0.296 e. The van der Waals surface area contributed by atoms with Crippen molar-refractivity contribution in [2.45, 2.75) is 6.92 Å². The van der Waals surface area contributed by atoms with Crippen LogP contribution in [-0.4, -0.2) is 17.9 Å². The molecule has 0 radical (unpaired) electrons. The summed E-state index contributed by atoms with van der Waals surface area (Å²) in [5, 5.41) is 8.72. The Bertz CT molecular complexity index is 641. The van der Waals surface area contributed by atoms with Crippen LogP contribution in [0.15, 0.2) is 42.6 Å². The Morgan fingerprint density at radius 2 is 2.00 bits per heavy atom. The molecule has 0 saturated carbocycles. The second-order valence-corrected chi connectivity index (χ2v) is 4.20. The van der Waals surface area contributed by atoms with Gasteiger partial charge >= 0.3 is 0 Å². The van der Waals surface area contributed by atoms with Gasteiger partial charge in [0.15, 0.2) is 0 Å². The summed E-state index contributed by atoms with van der Waals surface area (Å²) >= 11 is 0. The Labute approximate surface area is 111 Å². The Balaban J connectivity index is 2.29. The van der Waals surface area contributed by atoms with Crippen LogP contribution in [0.2, 0.25) is 0 Å². The van der Waals surface area contributed by atoms with E-state index in [1.807, 2.05) is 31.2 Å². The van der Waals surface area contributed by atoms with E-state index >= 15 is 0 Å². The van der Waals surface area contributed by atoms with Crippen molar-refractivity contribution in [3.8, 4) is 6.07 Å². The maximum atomic E-state index is 12.3. The minimum Gasteiger partial charge on any atom is -0.296 e. The van der Waals surface area contributed by atoms with Gasteiger partial charge < -0.3 is 0 Å². The summed E-state index contributed by atoms with van der Waals surface area (Å²) in [7, 11) is 1.67. The van der Waals surface area contributed by atoms with E-state index < -0.39 is 0 Å². The molecule has 0 saturated heterocycles. The van der Waals surface area contributed by atoms with Gasteiger partial charge in [0, 0.05) is 18.8 Å². The van der Waals surface area contributed by atoms with Crippen molar-refractivity contribution in [1.82, 2.24) is 4.98 Å². The van der Waals surface area contributed by atoms with Crippen LogP contribution >= 0.6 is 0 Å². The van der Waals surface area contributed by atoms with E-state index in [1.54, 1.807) is 25.2 Å². The highest BCUT2D eigenvalue weighted by Gasteiger charge is 2.15. The summed E-state index contributed by atoms with van der Waals surface area (Å²) in [6, 6.07) is 12.7. The molecule has 1 heterocycles. The Hall–Kier alpha value is -2.67. The molecule has 0 aliphatic carbocycles. The highest BCUT2D eigenvalue weighted by Crippen LogP contribution is 2.15. The summed E-state index contributed by atoms with van der Waals surface area (Å²) in [5.74, 6) is 0.405. The number of hydrogen-bond acceptors (Lipinski definition) is 3. The van der Waals surface area contributed by atoms with Gasteiger partial charge in [-0.15, -0.1) is 0 Å². The van der Waals surface area contributed by atoms with Crippen molar-refractivity contribution in [2.24, 2.45) is 0 Å². The molecule has 2 rings (SSSR count). The van der Waals surface area contributed by atoms with Crippen LogP contribution in [0.5, 0.6) is 0 Å². The van der Waals surface area contributed by atoms with E-state index in [0.717, 1.165) is 5.56 Å². The quantitative estimate of drug-likeness (QED) is 0.824. The molecular weight excluding hydrogens is 238 g/mol. The number of amides is 1. The summed E-state index contributed by atoms with van der Waals surface area (Å²) in [6.07, 6.45) is 1.46. The highest BCUT2D eigenvalue weighted by atomic mass is 16.2. The molecule has 1 amide bonds. The summed E-state index contributed by atoms with van der Waals surface area (Å²) in [6.45, 7) is 1.90. The molecule has 94 valence electrons. The van der Waals surface area contributed by atoms with Crippen LogP contribution < -0.4 is 4.90 Å². The van der Waals surface area contributed by atoms with Crippen LogP contribution in [-0.2, 0) is 0 Å². The molecule has 1 aromatic heterocycles. The first kappa shape index (κ1) is 12.8. The molecule has 0 fully saturated rings. The maximum Gasteiger partial charge on any atom is 0.259 e. The maximum absolute atomic E-state index is 12.3. The van der Waals surface area contributed by atoms with Gasteiger partial charge in [0.05, 0.1) is 5.56 Å². The lowest BCUT2D eigenvalue weighted by atomic mass is 10.1. The summed E-state index contributed by atoms with van der Waals surface area (Å²) < 4.78 is 0. The van der Waals surface area contributed by atoms with Gasteiger partial charge in [-0.25, -0.2) is 4.98 Å². The van der Waals surface area contributed by atoms with Gasteiger partial charge in [-0.1, -0.05) is 18.2 Å². The predicted octanol–water partition coefficient (Wildman–Crippen LogP) is 2.54. The molecule has 4 nitrogen and oxygen atoms in total. The van der Waals surface area contributed by atoms with Gasteiger partial charge in [0.1, 0.15) is 11.9 Å². The zero-order chi connectivity index (χ0) is 13.8. The molecule has 0 N–H and O–H groups in total. The van der Waals surface area contributed by atoms with E-state index in [-0.39, 0.29) is 5.91 Å². The molecule has 0 spiro atoms. The van der Waals surface area contributed by atoms with Crippen molar-refractivity contribution >= 4 is 11.7 Å². The monoisotopic (exact) mass is 251 g/mol. The molecule has 19 heavy (non-hydrogen) atoms. The number of carbonyl (C=O) groups is 1. The van der Waals surface area contributed by atoms with Gasteiger partial charge in [-0.3, -0.25) is 9.69 Å². The lowest BCUT2D eigenvalue weighted by Gasteiger charge is -2.17. The number of aromatic nitrogens is 1. The topological polar surface area (TPSA) is 57.0 Å². The zero-order valence-electron chi connectivity index (χ0n) is 10.8. The summed E-state index contributed by atoms with van der Waals surface area (Å²) in [5.41, 5.74) is 2.05. The minimum atomic E-state index is -0.115. The highest BCUT2D eigenvalue weighted by molar-refractivity contribution is 6.06. The van der Waals surface area contributed by atoms with Crippen molar-refractivity contribution in [2.75, 3.05) is 11.9 Å². The average molecular weight is 251 g/mol. The van der Waals surface area contributed by atoms with Crippen molar-refractivity contribution in [1.29, 1.82) is 5.26 Å². The van der Waals surface area contributed by atoms with Crippen molar-refractivity contribution in [3.63, 3.8) is 0 Å². The average Bonchev–Trinajstić information content (AvgIpc) is 2.46. The van der Waals surface area contributed by atoms with Crippen LogP contribution in [0, 0.1) is 18.3 Å². The van der Waals surface area contributed by atoms with Crippen LogP contribution in [0.25, 0.3) is 0 Å². The molecule has 2 aromatic rings. The van der Waals surface area contributed by atoms with Crippen LogP contribution in [0.3, 0.4) is 0 Å². The third-order valence-corrected chi connectivity index (χ3v) is 2.90. The van der Waals surface area contributed by atoms with Crippen molar-refractivity contribution < 1.29 is 4.79 Å². The normalized spacial score (nSPS) is 9.74. The fraction of sp³-hybridized carbons (Fsp3) is 0.133. The lowest BCUT2D eigenvalue weighted by molar-refractivity contribution is 0.0991. The molecular formula is C15H13N3O. The van der Waals surface area contributed by atoms with E-state index in [9.17, 15) is 4.79 Å². The van der Waals surface area contributed by atoms with Gasteiger partial charge in [-0.05, 0) is 30.7 Å². The minimum absolute atomic E-state index is 0.115. The van der Waals surface area contributed by atoms with E-state index in [2.05, 4.69) is 4.98 Å². The first-order valence-corrected chi connectivity index (χ1v) is 5.83. The zero-order valence-corrected chi connectivity index (χ0v) is 10.8. The molecule has 0 aliphatic heterocycles.